The first-order valence-corrected chi connectivity index (χ1v) is 18.1. The van der Waals surface area contributed by atoms with Gasteiger partial charge >= 0.3 is 11.9 Å². The maximum absolute atomic E-state index is 12.3. The van der Waals surface area contributed by atoms with Gasteiger partial charge in [0.15, 0.2) is 0 Å². The predicted octanol–water partition coefficient (Wildman–Crippen LogP) is 11.4. The van der Waals surface area contributed by atoms with Crippen molar-refractivity contribution in [2.24, 2.45) is 0 Å². The summed E-state index contributed by atoms with van der Waals surface area (Å²) < 4.78 is 15.6. The molecule has 0 spiro atoms. The molecule has 0 unspecified atom stereocenters. The molecule has 0 amide bonds. The summed E-state index contributed by atoms with van der Waals surface area (Å²) in [5.74, 6) is -1.20. The molecule has 0 fully saturated rings. The number of esters is 2. The van der Waals surface area contributed by atoms with Gasteiger partial charge in [0.05, 0.1) is 6.07 Å². The minimum atomic E-state index is -0.534. The van der Waals surface area contributed by atoms with Crippen LogP contribution in [0.15, 0.2) is 21.5 Å². The lowest BCUT2D eigenvalue weighted by Gasteiger charge is -2.06. The fourth-order valence-corrected chi connectivity index (χ4v) is 5.42. The second-order valence-electron chi connectivity index (χ2n) is 12.4. The summed E-state index contributed by atoms with van der Waals surface area (Å²) in [6.45, 7) is 4.51. The molecule has 0 atom stereocenters. The van der Waals surface area contributed by atoms with E-state index in [0.717, 1.165) is 50.9 Å². The van der Waals surface area contributed by atoms with E-state index in [9.17, 15) is 14.4 Å². The van der Waals surface area contributed by atoms with Crippen LogP contribution in [0.1, 0.15) is 194 Å². The molecule has 0 aliphatic heterocycles. The Morgan fingerprint density at radius 2 is 0.837 bits per heavy atom. The summed E-state index contributed by atoms with van der Waals surface area (Å²) in [7, 11) is 0. The van der Waals surface area contributed by atoms with Gasteiger partial charge in [-0.2, -0.15) is 0 Å². The molecular weight excluding hydrogens is 540 g/mol. The SMILES string of the molecule is CCCCCCCCCCCCCCCC(=O)Oc1cc(=O)c(OC(=O)CCCCCCCCCCCCCCC)co1. The first-order chi connectivity index (χ1) is 21.1. The number of carbonyl (C=O) groups excluding carboxylic acids is 2. The number of hydrogen-bond acceptors (Lipinski definition) is 6. The van der Waals surface area contributed by atoms with Crippen LogP contribution >= 0.6 is 0 Å². The van der Waals surface area contributed by atoms with E-state index in [-0.39, 0.29) is 24.5 Å². The molecule has 0 aromatic carbocycles. The van der Waals surface area contributed by atoms with E-state index in [1.54, 1.807) is 0 Å². The van der Waals surface area contributed by atoms with Crippen LogP contribution < -0.4 is 14.9 Å². The number of carbonyl (C=O) groups is 2. The Kier molecular flexibility index (Phi) is 25.9. The highest BCUT2D eigenvalue weighted by atomic mass is 16.6. The van der Waals surface area contributed by atoms with Crippen LogP contribution in [0.5, 0.6) is 11.7 Å². The van der Waals surface area contributed by atoms with Gasteiger partial charge in [-0.3, -0.25) is 14.4 Å². The third kappa shape index (κ3) is 24.0. The van der Waals surface area contributed by atoms with Gasteiger partial charge in [0.25, 0.3) is 5.95 Å². The van der Waals surface area contributed by atoms with Gasteiger partial charge in [-0.1, -0.05) is 168 Å². The Balaban J connectivity index is 2.04. The molecule has 1 aromatic heterocycles. The van der Waals surface area contributed by atoms with E-state index in [4.69, 9.17) is 13.9 Å². The maximum atomic E-state index is 12.3. The van der Waals surface area contributed by atoms with E-state index < -0.39 is 17.4 Å². The lowest BCUT2D eigenvalue weighted by molar-refractivity contribution is -0.136. The molecule has 1 rings (SSSR count). The zero-order chi connectivity index (χ0) is 31.2. The van der Waals surface area contributed by atoms with Crippen molar-refractivity contribution in [3.05, 3.63) is 22.6 Å². The van der Waals surface area contributed by atoms with Crippen molar-refractivity contribution in [1.29, 1.82) is 0 Å². The fourth-order valence-electron chi connectivity index (χ4n) is 5.42. The maximum Gasteiger partial charge on any atom is 0.313 e. The molecule has 1 aromatic rings. The molecule has 1 heterocycles. The molecule has 6 heteroatoms. The second-order valence-corrected chi connectivity index (χ2v) is 12.4. The molecule has 0 radical (unpaired) electrons. The quantitative estimate of drug-likeness (QED) is 0.0641. The Labute approximate surface area is 263 Å². The smallest absolute Gasteiger partial charge is 0.313 e. The van der Waals surface area contributed by atoms with Gasteiger partial charge in [0.2, 0.25) is 11.2 Å². The lowest BCUT2D eigenvalue weighted by atomic mass is 10.0. The minimum absolute atomic E-state index is 0.166. The van der Waals surface area contributed by atoms with Crippen molar-refractivity contribution in [3.63, 3.8) is 0 Å². The summed E-state index contributed by atoms with van der Waals surface area (Å²) in [5, 5.41) is 0. The average molecular weight is 605 g/mol. The Bertz CT molecular complexity index is 861. The minimum Gasteiger partial charge on any atom is -0.430 e. The predicted molar refractivity (Wildman–Crippen MR) is 177 cm³/mol. The van der Waals surface area contributed by atoms with Crippen LogP contribution in [0.3, 0.4) is 0 Å². The third-order valence-corrected chi connectivity index (χ3v) is 8.18. The van der Waals surface area contributed by atoms with E-state index in [0.29, 0.717) is 0 Å². The molecule has 0 saturated carbocycles. The van der Waals surface area contributed by atoms with Crippen molar-refractivity contribution in [3.8, 4) is 11.7 Å². The topological polar surface area (TPSA) is 82.8 Å². The number of unbranched alkanes of at least 4 members (excludes halogenated alkanes) is 24. The van der Waals surface area contributed by atoms with Crippen LogP contribution in [0.2, 0.25) is 0 Å². The van der Waals surface area contributed by atoms with Gasteiger partial charge in [-0.15, -0.1) is 0 Å². The van der Waals surface area contributed by atoms with Crippen LogP contribution in [0, 0.1) is 0 Å². The van der Waals surface area contributed by atoms with E-state index >= 15 is 0 Å². The molecule has 0 aliphatic rings. The molecule has 0 N–H and O–H groups in total. The third-order valence-electron chi connectivity index (χ3n) is 8.18. The summed E-state index contributed by atoms with van der Waals surface area (Å²) in [6.07, 6.45) is 33.8. The summed E-state index contributed by atoms with van der Waals surface area (Å²) >= 11 is 0. The van der Waals surface area contributed by atoms with E-state index in [1.807, 2.05) is 0 Å². The second kappa shape index (κ2) is 28.6. The largest absolute Gasteiger partial charge is 0.430 e. The highest BCUT2D eigenvalue weighted by Crippen LogP contribution is 2.17. The normalized spacial score (nSPS) is 11.1. The first-order valence-electron chi connectivity index (χ1n) is 18.1. The molecular formula is C37H64O6. The van der Waals surface area contributed by atoms with Crippen LogP contribution in [-0.2, 0) is 9.59 Å². The Morgan fingerprint density at radius 1 is 0.512 bits per heavy atom. The lowest BCUT2D eigenvalue weighted by Crippen LogP contribution is -2.15. The van der Waals surface area contributed by atoms with Crippen molar-refractivity contribution in [1.82, 2.24) is 0 Å². The first kappa shape index (κ1) is 38.9. The molecule has 0 saturated heterocycles. The highest BCUT2D eigenvalue weighted by molar-refractivity contribution is 5.72. The monoisotopic (exact) mass is 604 g/mol. The van der Waals surface area contributed by atoms with Crippen LogP contribution in [-0.4, -0.2) is 11.9 Å². The van der Waals surface area contributed by atoms with Crippen molar-refractivity contribution < 1.29 is 23.5 Å². The van der Waals surface area contributed by atoms with Crippen LogP contribution in [0.4, 0.5) is 0 Å². The molecule has 43 heavy (non-hydrogen) atoms. The number of hydrogen-bond donors (Lipinski definition) is 0. The fraction of sp³-hybridized carbons (Fsp3) is 0.811. The summed E-state index contributed by atoms with van der Waals surface area (Å²) in [4.78, 5) is 36.6. The van der Waals surface area contributed by atoms with Crippen LogP contribution in [0.25, 0.3) is 0 Å². The summed E-state index contributed by atoms with van der Waals surface area (Å²) in [6, 6.07) is 1.07. The van der Waals surface area contributed by atoms with Gasteiger partial charge in [0.1, 0.15) is 6.26 Å². The summed E-state index contributed by atoms with van der Waals surface area (Å²) in [5.41, 5.74) is -0.534. The molecule has 248 valence electrons. The molecule has 0 bridgehead atoms. The van der Waals surface area contributed by atoms with Gasteiger partial charge < -0.3 is 13.9 Å². The van der Waals surface area contributed by atoms with Crippen molar-refractivity contribution in [2.45, 2.75) is 194 Å². The molecule has 0 aliphatic carbocycles. The number of rotatable bonds is 30. The van der Waals surface area contributed by atoms with Gasteiger partial charge in [0, 0.05) is 12.8 Å². The standard InChI is InChI=1S/C37H64O6/c1-3-5-7-9-11-13-15-17-19-21-23-25-27-29-35(39)42-34-32-41-37(31-33(34)38)43-36(40)30-28-26-24-22-20-18-16-14-12-10-8-6-4-2/h31-32H,3-30H2,1-2H3. The van der Waals surface area contributed by atoms with E-state index in [1.165, 1.54) is 128 Å². The van der Waals surface area contributed by atoms with Gasteiger partial charge in [-0.05, 0) is 12.8 Å². The van der Waals surface area contributed by atoms with E-state index in [2.05, 4.69) is 13.8 Å². The zero-order valence-electron chi connectivity index (χ0n) is 27.9. The Morgan fingerprint density at radius 3 is 1.19 bits per heavy atom. The van der Waals surface area contributed by atoms with Crippen molar-refractivity contribution >= 4 is 11.9 Å². The zero-order valence-corrected chi connectivity index (χ0v) is 27.9. The molecule has 6 nitrogen and oxygen atoms in total. The van der Waals surface area contributed by atoms with Crippen molar-refractivity contribution in [2.75, 3.05) is 0 Å². The average Bonchev–Trinajstić information content (AvgIpc) is 2.99. The van der Waals surface area contributed by atoms with Gasteiger partial charge in [-0.25, -0.2) is 0 Å². The Hall–Kier alpha value is -2.11. The number of ether oxygens (including phenoxy) is 2. The highest BCUT2D eigenvalue weighted by Gasteiger charge is 2.13.